The highest BCUT2D eigenvalue weighted by molar-refractivity contribution is 6.05. The fourth-order valence-corrected chi connectivity index (χ4v) is 2.74. The lowest BCUT2D eigenvalue weighted by Gasteiger charge is -2.07. The molecule has 0 unspecified atom stereocenters. The van der Waals surface area contributed by atoms with Crippen molar-refractivity contribution in [3.63, 3.8) is 0 Å². The molecule has 0 aliphatic carbocycles. The third-order valence-corrected chi connectivity index (χ3v) is 4.14. The number of ether oxygens (including phenoxy) is 1. The van der Waals surface area contributed by atoms with Gasteiger partial charge in [0.2, 0.25) is 0 Å². The standard InChI is InChI=1S/C20H20N4O3/c1-13(12-14-8-10-15(27-3)11-9-14)21-22-19(25)18-16-6-4-5-7-17(16)20(26)24(2)23-18/h4-11H,12H2,1-3H3,(H,22,25)/b21-13-. The van der Waals surface area contributed by atoms with Gasteiger partial charge in [0.25, 0.3) is 11.5 Å². The molecular weight excluding hydrogens is 344 g/mol. The quantitative estimate of drug-likeness (QED) is 0.556. The van der Waals surface area contributed by atoms with Crippen LogP contribution >= 0.6 is 0 Å². The van der Waals surface area contributed by atoms with Crippen LogP contribution in [0.2, 0.25) is 0 Å². The predicted octanol–water partition coefficient (Wildman–Crippen LogP) is 2.29. The van der Waals surface area contributed by atoms with Gasteiger partial charge < -0.3 is 4.74 Å². The van der Waals surface area contributed by atoms with Gasteiger partial charge in [0.15, 0.2) is 5.69 Å². The molecule has 1 heterocycles. The number of methoxy groups -OCH3 is 1. The monoisotopic (exact) mass is 364 g/mol. The van der Waals surface area contributed by atoms with Gasteiger partial charge in [-0.15, -0.1) is 0 Å². The Hall–Kier alpha value is -3.48. The Bertz CT molecular complexity index is 1070. The number of rotatable bonds is 5. The first-order valence-electron chi connectivity index (χ1n) is 8.42. The van der Waals surface area contributed by atoms with Crippen LogP contribution in [0.5, 0.6) is 5.75 Å². The molecule has 0 fully saturated rings. The summed E-state index contributed by atoms with van der Waals surface area (Å²) in [5.41, 5.74) is 4.23. The molecule has 0 aliphatic heterocycles. The number of aryl methyl sites for hydroxylation is 1. The maximum atomic E-state index is 12.5. The van der Waals surface area contributed by atoms with E-state index in [-0.39, 0.29) is 11.3 Å². The van der Waals surface area contributed by atoms with Gasteiger partial charge in [-0.3, -0.25) is 9.59 Å². The van der Waals surface area contributed by atoms with Gasteiger partial charge in [-0.2, -0.15) is 10.2 Å². The number of aromatic nitrogens is 2. The second-order valence-corrected chi connectivity index (χ2v) is 6.14. The average molecular weight is 364 g/mol. The SMILES string of the molecule is COc1ccc(C/C(C)=N\NC(=O)c2nn(C)c(=O)c3ccccc23)cc1. The van der Waals surface area contributed by atoms with Crippen molar-refractivity contribution in [2.45, 2.75) is 13.3 Å². The summed E-state index contributed by atoms with van der Waals surface area (Å²) in [5.74, 6) is 0.324. The molecule has 1 amide bonds. The van der Waals surface area contributed by atoms with Gasteiger partial charge in [-0.1, -0.05) is 30.3 Å². The summed E-state index contributed by atoms with van der Waals surface area (Å²) in [4.78, 5) is 24.7. The normalized spacial score (nSPS) is 11.4. The highest BCUT2D eigenvalue weighted by atomic mass is 16.5. The largest absolute Gasteiger partial charge is 0.497 e. The van der Waals surface area contributed by atoms with E-state index in [0.29, 0.717) is 17.2 Å². The van der Waals surface area contributed by atoms with E-state index in [1.54, 1.807) is 31.4 Å². The van der Waals surface area contributed by atoms with E-state index in [1.165, 1.54) is 7.05 Å². The number of hydrogen-bond donors (Lipinski definition) is 1. The van der Waals surface area contributed by atoms with Gasteiger partial charge in [0, 0.05) is 24.6 Å². The number of nitrogens with zero attached hydrogens (tertiary/aromatic N) is 3. The van der Waals surface area contributed by atoms with E-state index in [1.807, 2.05) is 31.2 Å². The summed E-state index contributed by atoms with van der Waals surface area (Å²) in [7, 11) is 3.14. The first kappa shape index (κ1) is 18.3. The molecule has 0 atom stereocenters. The second-order valence-electron chi connectivity index (χ2n) is 6.14. The minimum atomic E-state index is -0.462. The van der Waals surface area contributed by atoms with E-state index in [0.717, 1.165) is 21.7 Å². The number of benzene rings is 2. The summed E-state index contributed by atoms with van der Waals surface area (Å²) >= 11 is 0. The van der Waals surface area contributed by atoms with Crippen LogP contribution in [0, 0.1) is 0 Å². The van der Waals surface area contributed by atoms with Crippen molar-refractivity contribution in [3.8, 4) is 5.75 Å². The van der Waals surface area contributed by atoms with Crippen LogP contribution in [0.4, 0.5) is 0 Å². The van der Waals surface area contributed by atoms with Crippen molar-refractivity contribution in [1.29, 1.82) is 0 Å². The Morgan fingerprint density at radius 2 is 1.81 bits per heavy atom. The van der Waals surface area contributed by atoms with Crippen molar-refractivity contribution in [2.24, 2.45) is 12.1 Å². The number of amides is 1. The Balaban J connectivity index is 1.79. The van der Waals surface area contributed by atoms with Gasteiger partial charge in [0.05, 0.1) is 12.5 Å². The average Bonchev–Trinajstić information content (AvgIpc) is 2.69. The summed E-state index contributed by atoms with van der Waals surface area (Å²) in [6, 6.07) is 14.5. The zero-order valence-corrected chi connectivity index (χ0v) is 15.4. The lowest BCUT2D eigenvalue weighted by Crippen LogP contribution is -2.27. The molecule has 0 spiro atoms. The molecular formula is C20H20N4O3. The third kappa shape index (κ3) is 4.03. The maximum absolute atomic E-state index is 12.5. The molecule has 27 heavy (non-hydrogen) atoms. The van der Waals surface area contributed by atoms with Crippen molar-refractivity contribution < 1.29 is 9.53 Å². The molecule has 1 N–H and O–H groups in total. The molecule has 0 aliphatic rings. The molecule has 0 radical (unpaired) electrons. The highest BCUT2D eigenvalue weighted by Gasteiger charge is 2.15. The van der Waals surface area contributed by atoms with E-state index < -0.39 is 5.91 Å². The highest BCUT2D eigenvalue weighted by Crippen LogP contribution is 2.13. The Kier molecular flexibility index (Phi) is 5.30. The number of fused-ring (bicyclic) bond motifs is 1. The zero-order valence-electron chi connectivity index (χ0n) is 15.4. The van der Waals surface area contributed by atoms with Crippen molar-refractivity contribution in [3.05, 3.63) is 70.1 Å². The van der Waals surface area contributed by atoms with E-state index >= 15 is 0 Å². The van der Waals surface area contributed by atoms with Crippen molar-refractivity contribution in [2.75, 3.05) is 7.11 Å². The molecule has 2 aromatic carbocycles. The topological polar surface area (TPSA) is 85.6 Å². The zero-order chi connectivity index (χ0) is 19.4. The predicted molar refractivity (Wildman–Crippen MR) is 104 cm³/mol. The minimum Gasteiger partial charge on any atom is -0.497 e. The van der Waals surface area contributed by atoms with Crippen molar-refractivity contribution >= 4 is 22.4 Å². The molecule has 3 rings (SSSR count). The Morgan fingerprint density at radius 3 is 2.48 bits per heavy atom. The van der Waals surface area contributed by atoms with E-state index in [2.05, 4.69) is 15.6 Å². The lowest BCUT2D eigenvalue weighted by atomic mass is 10.1. The van der Waals surface area contributed by atoms with Crippen LogP contribution in [-0.2, 0) is 13.5 Å². The number of carbonyl (C=O) groups excluding carboxylic acids is 1. The summed E-state index contributed by atoms with van der Waals surface area (Å²) < 4.78 is 6.29. The van der Waals surface area contributed by atoms with Gasteiger partial charge >= 0.3 is 0 Å². The molecule has 138 valence electrons. The molecule has 7 nitrogen and oxygen atoms in total. The van der Waals surface area contributed by atoms with E-state index in [4.69, 9.17) is 4.74 Å². The first-order chi connectivity index (χ1) is 13.0. The fourth-order valence-electron chi connectivity index (χ4n) is 2.74. The van der Waals surface area contributed by atoms with Crippen LogP contribution in [0.15, 0.2) is 58.4 Å². The van der Waals surface area contributed by atoms with E-state index in [9.17, 15) is 9.59 Å². The number of nitrogens with one attached hydrogen (secondary N) is 1. The third-order valence-electron chi connectivity index (χ3n) is 4.14. The van der Waals surface area contributed by atoms with Gasteiger partial charge in [-0.25, -0.2) is 10.1 Å². The molecule has 7 heteroatoms. The molecule has 0 saturated carbocycles. The minimum absolute atomic E-state index is 0.161. The van der Waals surface area contributed by atoms with Crippen LogP contribution in [-0.4, -0.2) is 28.5 Å². The maximum Gasteiger partial charge on any atom is 0.292 e. The smallest absolute Gasteiger partial charge is 0.292 e. The summed E-state index contributed by atoms with van der Waals surface area (Å²) in [6.07, 6.45) is 0.589. The fraction of sp³-hybridized carbons (Fsp3) is 0.200. The van der Waals surface area contributed by atoms with Crippen LogP contribution in [0.1, 0.15) is 23.0 Å². The second kappa shape index (κ2) is 7.82. The van der Waals surface area contributed by atoms with Crippen LogP contribution in [0.25, 0.3) is 10.8 Å². The summed E-state index contributed by atoms with van der Waals surface area (Å²) in [5, 5.41) is 9.19. The number of hydrazone groups is 1. The Morgan fingerprint density at radius 1 is 1.15 bits per heavy atom. The number of carbonyl (C=O) groups is 1. The van der Waals surface area contributed by atoms with Crippen LogP contribution in [0.3, 0.4) is 0 Å². The first-order valence-corrected chi connectivity index (χ1v) is 8.42. The van der Waals surface area contributed by atoms with Crippen LogP contribution < -0.4 is 15.7 Å². The summed E-state index contributed by atoms with van der Waals surface area (Å²) in [6.45, 7) is 1.83. The number of hydrogen-bond acceptors (Lipinski definition) is 5. The molecule has 0 bridgehead atoms. The Labute approximate surface area is 156 Å². The molecule has 1 aromatic heterocycles. The van der Waals surface area contributed by atoms with Gasteiger partial charge in [-0.05, 0) is 30.7 Å². The van der Waals surface area contributed by atoms with Crippen molar-refractivity contribution in [1.82, 2.24) is 15.2 Å². The van der Waals surface area contributed by atoms with Gasteiger partial charge in [0.1, 0.15) is 5.75 Å². The molecule has 3 aromatic rings. The lowest BCUT2D eigenvalue weighted by molar-refractivity contribution is 0.0949. The molecule has 0 saturated heterocycles.